The number of alkyl carbamates (subject to hydrolysis) is 1. The van der Waals surface area contributed by atoms with E-state index in [1.165, 1.54) is 0 Å². The predicted octanol–water partition coefficient (Wildman–Crippen LogP) is 4.61. The van der Waals surface area contributed by atoms with Crippen LogP contribution < -0.4 is 5.32 Å². The van der Waals surface area contributed by atoms with E-state index in [1.54, 1.807) is 0 Å². The van der Waals surface area contributed by atoms with Crippen LogP contribution in [0.2, 0.25) is 0 Å². The lowest BCUT2D eigenvalue weighted by molar-refractivity contribution is 0.0988. The van der Waals surface area contributed by atoms with Gasteiger partial charge in [0.1, 0.15) is 6.61 Å². The van der Waals surface area contributed by atoms with Crippen molar-refractivity contribution in [2.24, 2.45) is 0 Å². The van der Waals surface area contributed by atoms with E-state index in [2.05, 4.69) is 5.32 Å². The van der Waals surface area contributed by atoms with E-state index >= 15 is 0 Å². The molecule has 4 heteroatoms. The van der Waals surface area contributed by atoms with Gasteiger partial charge in [-0.2, -0.15) is 0 Å². The third-order valence-corrected chi connectivity index (χ3v) is 3.63. The van der Waals surface area contributed by atoms with Gasteiger partial charge in [0.15, 0.2) is 5.78 Å². The van der Waals surface area contributed by atoms with Gasteiger partial charge in [0.2, 0.25) is 0 Å². The Morgan fingerprint density at radius 2 is 1.88 bits per heavy atom. The number of rotatable bonds is 8. The summed E-state index contributed by atoms with van der Waals surface area (Å²) in [6.45, 7) is 2.62. The Bertz CT molecular complexity index is 723. The van der Waals surface area contributed by atoms with E-state index in [9.17, 15) is 9.59 Å². The second kappa shape index (κ2) is 10.1. The zero-order chi connectivity index (χ0) is 17.9. The highest BCUT2D eigenvalue weighted by Gasteiger charge is 2.02. The molecule has 2 aromatic carbocycles. The summed E-state index contributed by atoms with van der Waals surface area (Å²) in [5.74, 6) is 0.137. The van der Waals surface area contributed by atoms with Gasteiger partial charge in [0.25, 0.3) is 0 Å². The van der Waals surface area contributed by atoms with E-state index in [1.807, 2.05) is 73.7 Å². The average molecular weight is 337 g/mol. The Morgan fingerprint density at radius 1 is 1.08 bits per heavy atom. The molecule has 0 spiro atoms. The van der Waals surface area contributed by atoms with Crippen LogP contribution in [0.3, 0.4) is 0 Å². The van der Waals surface area contributed by atoms with Crippen LogP contribution in [0.1, 0.15) is 41.3 Å². The van der Waals surface area contributed by atoms with Crippen LogP contribution >= 0.6 is 0 Å². The molecule has 0 aliphatic heterocycles. The summed E-state index contributed by atoms with van der Waals surface area (Å²) in [6, 6.07) is 17.1. The number of nitrogens with one attached hydrogen (secondary N) is 1. The van der Waals surface area contributed by atoms with Crippen molar-refractivity contribution in [3.63, 3.8) is 0 Å². The Labute approximate surface area is 148 Å². The Morgan fingerprint density at radius 3 is 2.64 bits per heavy atom. The highest BCUT2D eigenvalue weighted by Crippen LogP contribution is 2.09. The molecular formula is C21H23NO3. The molecule has 0 aliphatic carbocycles. The number of Topliss-reactive ketones (excluding diaryl/α,β-unsaturated/α-hetero) is 1. The maximum atomic E-state index is 11.7. The van der Waals surface area contributed by atoms with E-state index in [4.69, 9.17) is 4.74 Å². The van der Waals surface area contributed by atoms with Crippen molar-refractivity contribution in [1.29, 1.82) is 0 Å². The normalized spacial score (nSPS) is 10.6. The molecule has 0 unspecified atom stereocenters. The third kappa shape index (κ3) is 6.63. The molecule has 0 saturated heterocycles. The molecule has 0 saturated carbocycles. The van der Waals surface area contributed by atoms with Gasteiger partial charge in [-0.15, -0.1) is 0 Å². The summed E-state index contributed by atoms with van der Waals surface area (Å²) in [5.41, 5.74) is 2.66. The zero-order valence-corrected chi connectivity index (χ0v) is 14.4. The smallest absolute Gasteiger partial charge is 0.407 e. The summed E-state index contributed by atoms with van der Waals surface area (Å²) in [5, 5.41) is 2.71. The largest absolute Gasteiger partial charge is 0.445 e. The predicted molar refractivity (Wildman–Crippen MR) is 99.3 cm³/mol. The first-order chi connectivity index (χ1) is 12.2. The van der Waals surface area contributed by atoms with Gasteiger partial charge >= 0.3 is 6.09 Å². The van der Waals surface area contributed by atoms with Crippen molar-refractivity contribution in [1.82, 2.24) is 5.32 Å². The number of ether oxygens (including phenoxy) is 1. The van der Waals surface area contributed by atoms with Crippen molar-refractivity contribution < 1.29 is 14.3 Å². The molecular weight excluding hydrogens is 314 g/mol. The highest BCUT2D eigenvalue weighted by atomic mass is 16.5. The van der Waals surface area contributed by atoms with E-state index < -0.39 is 6.09 Å². The van der Waals surface area contributed by atoms with Crippen LogP contribution in [0.15, 0.2) is 60.7 Å². The van der Waals surface area contributed by atoms with E-state index in [0.717, 1.165) is 16.7 Å². The first-order valence-corrected chi connectivity index (χ1v) is 8.43. The number of hydrogen-bond acceptors (Lipinski definition) is 3. The minimum absolute atomic E-state index is 0.137. The molecule has 0 aromatic heterocycles. The summed E-state index contributed by atoms with van der Waals surface area (Å²) >= 11 is 0. The second-order valence-electron chi connectivity index (χ2n) is 5.58. The molecule has 130 valence electrons. The molecule has 25 heavy (non-hydrogen) atoms. The lowest BCUT2D eigenvalue weighted by atomic mass is 10.1. The number of benzene rings is 2. The maximum Gasteiger partial charge on any atom is 0.407 e. The summed E-state index contributed by atoms with van der Waals surface area (Å²) in [6.07, 6.45) is 4.68. The van der Waals surface area contributed by atoms with Gasteiger partial charge in [-0.3, -0.25) is 4.79 Å². The van der Waals surface area contributed by atoms with Crippen LogP contribution in [-0.2, 0) is 11.3 Å². The molecule has 0 fully saturated rings. The van der Waals surface area contributed by atoms with Gasteiger partial charge < -0.3 is 10.1 Å². The molecule has 2 aromatic rings. The summed E-state index contributed by atoms with van der Waals surface area (Å²) in [7, 11) is 0. The van der Waals surface area contributed by atoms with Crippen molar-refractivity contribution in [3.05, 3.63) is 77.4 Å². The molecule has 0 aliphatic rings. The zero-order valence-electron chi connectivity index (χ0n) is 14.4. The van der Waals surface area contributed by atoms with Crippen molar-refractivity contribution in [2.45, 2.75) is 26.4 Å². The Kier molecular flexibility index (Phi) is 7.44. The molecule has 1 N–H and O–H groups in total. The first kappa shape index (κ1) is 18.5. The molecule has 0 heterocycles. The minimum Gasteiger partial charge on any atom is -0.445 e. The van der Waals surface area contributed by atoms with Crippen LogP contribution in [0.5, 0.6) is 0 Å². The van der Waals surface area contributed by atoms with E-state index in [0.29, 0.717) is 19.4 Å². The number of hydrogen-bond donors (Lipinski definition) is 1. The Balaban J connectivity index is 1.69. The van der Waals surface area contributed by atoms with Crippen molar-refractivity contribution in [3.8, 4) is 0 Å². The lowest BCUT2D eigenvalue weighted by Crippen LogP contribution is -2.24. The standard InChI is InChI=1S/C21H23NO3/c1-2-20(23)19-13-8-12-17(15-19)9-6-7-14-22-21(24)25-16-18-10-4-3-5-11-18/h3-6,8-13,15H,2,7,14,16H2,1H3,(H,22,24). The van der Waals surface area contributed by atoms with Gasteiger partial charge in [-0.1, -0.05) is 67.6 Å². The number of amides is 1. The molecule has 0 radical (unpaired) electrons. The second-order valence-corrected chi connectivity index (χ2v) is 5.58. The van der Waals surface area contributed by atoms with Gasteiger partial charge in [-0.05, 0) is 23.6 Å². The van der Waals surface area contributed by atoms with Gasteiger partial charge in [0, 0.05) is 18.5 Å². The quantitative estimate of drug-likeness (QED) is 0.565. The fraction of sp³-hybridized carbons (Fsp3) is 0.238. The minimum atomic E-state index is -0.423. The third-order valence-electron chi connectivity index (χ3n) is 3.63. The molecule has 0 bridgehead atoms. The summed E-state index contributed by atoms with van der Waals surface area (Å²) < 4.78 is 5.14. The van der Waals surface area contributed by atoms with Crippen LogP contribution in [0.25, 0.3) is 6.08 Å². The molecule has 2 rings (SSSR count). The fourth-order valence-electron chi connectivity index (χ4n) is 2.27. The van der Waals surface area contributed by atoms with Gasteiger partial charge in [0.05, 0.1) is 0 Å². The maximum absolute atomic E-state index is 11.7. The Hall–Kier alpha value is -2.88. The average Bonchev–Trinajstić information content (AvgIpc) is 2.66. The number of carbonyl (C=O) groups is 2. The first-order valence-electron chi connectivity index (χ1n) is 8.43. The SMILES string of the molecule is CCC(=O)c1cccc(C=CCCNC(=O)OCc2ccccc2)c1. The molecule has 0 atom stereocenters. The molecule has 1 amide bonds. The molecule has 4 nitrogen and oxygen atoms in total. The summed E-state index contributed by atoms with van der Waals surface area (Å²) in [4.78, 5) is 23.3. The van der Waals surface area contributed by atoms with Crippen LogP contribution in [0.4, 0.5) is 4.79 Å². The van der Waals surface area contributed by atoms with Crippen molar-refractivity contribution >= 4 is 18.0 Å². The van der Waals surface area contributed by atoms with Gasteiger partial charge in [-0.25, -0.2) is 4.79 Å². The lowest BCUT2D eigenvalue weighted by Gasteiger charge is -2.06. The fourth-order valence-corrected chi connectivity index (χ4v) is 2.27. The van der Waals surface area contributed by atoms with Crippen LogP contribution in [0, 0.1) is 0 Å². The highest BCUT2D eigenvalue weighted by molar-refractivity contribution is 5.96. The monoisotopic (exact) mass is 337 g/mol. The topological polar surface area (TPSA) is 55.4 Å². The van der Waals surface area contributed by atoms with Crippen LogP contribution in [-0.4, -0.2) is 18.4 Å². The van der Waals surface area contributed by atoms with Crippen molar-refractivity contribution in [2.75, 3.05) is 6.54 Å². The van der Waals surface area contributed by atoms with E-state index in [-0.39, 0.29) is 12.4 Å². The number of carbonyl (C=O) groups excluding carboxylic acids is 2. The number of ketones is 1.